The van der Waals surface area contributed by atoms with Crippen molar-refractivity contribution in [3.05, 3.63) is 28.2 Å². The summed E-state index contributed by atoms with van der Waals surface area (Å²) < 4.78 is 24.1. The Hall–Kier alpha value is -1.32. The number of carboxylic acid groups (broad SMARTS) is 1. The molecular weight excluding hydrogens is 308 g/mol. The number of halogens is 1. The molecule has 17 heavy (non-hydrogen) atoms. The van der Waals surface area contributed by atoms with Crippen molar-refractivity contribution < 1.29 is 18.3 Å². The Morgan fingerprint density at radius 3 is 2.65 bits per heavy atom. The minimum atomic E-state index is -3.59. The summed E-state index contributed by atoms with van der Waals surface area (Å²) in [5.41, 5.74) is -0.0729. The summed E-state index contributed by atoms with van der Waals surface area (Å²) in [4.78, 5) is 10.7. The largest absolute Gasteiger partial charge is 0.478 e. The van der Waals surface area contributed by atoms with Crippen molar-refractivity contribution in [3.8, 4) is 11.8 Å². The van der Waals surface area contributed by atoms with Gasteiger partial charge < -0.3 is 5.11 Å². The van der Waals surface area contributed by atoms with E-state index in [0.29, 0.717) is 4.47 Å². The number of rotatable bonds is 3. The smallest absolute Gasteiger partial charge is 0.335 e. The summed E-state index contributed by atoms with van der Waals surface area (Å²) >= 11 is 3.09. The molecular formula is C11H9BrO4S. The maximum atomic E-state index is 11.9. The van der Waals surface area contributed by atoms with Crippen LogP contribution >= 0.6 is 15.9 Å². The Bertz CT molecular complexity index is 608. The van der Waals surface area contributed by atoms with Crippen molar-refractivity contribution in [1.82, 2.24) is 0 Å². The molecule has 6 heteroatoms. The normalized spacial score (nSPS) is 10.5. The van der Waals surface area contributed by atoms with Crippen molar-refractivity contribution >= 4 is 31.7 Å². The van der Waals surface area contributed by atoms with Gasteiger partial charge in [-0.05, 0) is 41.1 Å². The first-order valence-corrected chi connectivity index (χ1v) is 6.98. The average Bonchev–Trinajstić information content (AvgIpc) is 2.26. The van der Waals surface area contributed by atoms with Crippen LogP contribution in [0, 0.1) is 11.8 Å². The summed E-state index contributed by atoms with van der Waals surface area (Å²) in [6.45, 7) is 1.54. The highest BCUT2D eigenvalue weighted by atomic mass is 79.9. The SMILES string of the molecule is CC#CCS(=O)(=O)c1cc(C(=O)O)ccc1Br. The van der Waals surface area contributed by atoms with Crippen molar-refractivity contribution in [2.45, 2.75) is 11.8 Å². The van der Waals surface area contributed by atoms with Crippen molar-refractivity contribution in [3.63, 3.8) is 0 Å². The van der Waals surface area contributed by atoms with E-state index in [1.807, 2.05) is 0 Å². The predicted octanol–water partition coefficient (Wildman–Crippen LogP) is 1.94. The molecule has 0 aliphatic heterocycles. The summed E-state index contributed by atoms with van der Waals surface area (Å²) in [6, 6.07) is 3.85. The molecule has 0 heterocycles. The fourth-order valence-electron chi connectivity index (χ4n) is 1.12. The summed E-state index contributed by atoms with van der Waals surface area (Å²) in [7, 11) is -3.59. The molecule has 1 N–H and O–H groups in total. The van der Waals surface area contributed by atoms with E-state index in [-0.39, 0.29) is 16.2 Å². The van der Waals surface area contributed by atoms with Gasteiger partial charge in [0.15, 0.2) is 9.84 Å². The Kier molecular flexibility index (Phi) is 4.32. The van der Waals surface area contributed by atoms with Crippen LogP contribution < -0.4 is 0 Å². The van der Waals surface area contributed by atoms with Crippen LogP contribution in [0.1, 0.15) is 17.3 Å². The van der Waals surface area contributed by atoms with Gasteiger partial charge in [-0.15, -0.1) is 5.92 Å². The highest BCUT2D eigenvalue weighted by molar-refractivity contribution is 9.10. The lowest BCUT2D eigenvalue weighted by Gasteiger charge is -2.05. The van der Waals surface area contributed by atoms with E-state index in [2.05, 4.69) is 27.8 Å². The molecule has 1 aromatic carbocycles. The highest BCUT2D eigenvalue weighted by Gasteiger charge is 2.18. The fourth-order valence-corrected chi connectivity index (χ4v) is 3.27. The van der Waals surface area contributed by atoms with Gasteiger partial charge in [-0.2, -0.15) is 0 Å². The minimum absolute atomic E-state index is 0.0554. The second-order valence-electron chi connectivity index (χ2n) is 3.14. The molecule has 0 aliphatic rings. The molecule has 0 bridgehead atoms. The first-order chi connectivity index (χ1) is 7.88. The Labute approximate surface area is 108 Å². The summed E-state index contributed by atoms with van der Waals surface area (Å²) in [5.74, 6) is 3.45. The first-order valence-electron chi connectivity index (χ1n) is 4.53. The third-order valence-corrected chi connectivity index (χ3v) is 4.44. The lowest BCUT2D eigenvalue weighted by atomic mass is 10.2. The van der Waals surface area contributed by atoms with Crippen LogP contribution in [0.25, 0.3) is 0 Å². The molecule has 0 aromatic heterocycles. The number of hydrogen-bond acceptors (Lipinski definition) is 3. The van der Waals surface area contributed by atoms with E-state index in [9.17, 15) is 13.2 Å². The number of aromatic carboxylic acids is 1. The Balaban J connectivity index is 3.33. The van der Waals surface area contributed by atoms with Crippen molar-refractivity contribution in [2.75, 3.05) is 5.75 Å². The molecule has 0 spiro atoms. The van der Waals surface area contributed by atoms with Gasteiger partial charge >= 0.3 is 5.97 Å². The van der Waals surface area contributed by atoms with E-state index < -0.39 is 15.8 Å². The maximum Gasteiger partial charge on any atom is 0.335 e. The number of carbonyl (C=O) groups is 1. The number of carboxylic acids is 1. The molecule has 0 atom stereocenters. The van der Waals surface area contributed by atoms with Gasteiger partial charge in [-0.3, -0.25) is 0 Å². The monoisotopic (exact) mass is 316 g/mol. The van der Waals surface area contributed by atoms with Crippen LogP contribution in [0.3, 0.4) is 0 Å². The van der Waals surface area contributed by atoms with Gasteiger partial charge in [0.1, 0.15) is 5.75 Å². The molecule has 0 aliphatic carbocycles. The topological polar surface area (TPSA) is 71.4 Å². The van der Waals surface area contributed by atoms with Crippen molar-refractivity contribution in [2.24, 2.45) is 0 Å². The van der Waals surface area contributed by atoms with E-state index in [4.69, 9.17) is 5.11 Å². The minimum Gasteiger partial charge on any atom is -0.478 e. The molecule has 4 nitrogen and oxygen atoms in total. The molecule has 90 valence electrons. The third kappa shape index (κ3) is 3.32. The number of sulfone groups is 1. The Morgan fingerprint density at radius 2 is 2.12 bits per heavy atom. The number of benzene rings is 1. The van der Waals surface area contributed by atoms with Gasteiger partial charge in [-0.25, -0.2) is 13.2 Å². The van der Waals surface area contributed by atoms with E-state index in [0.717, 1.165) is 6.07 Å². The van der Waals surface area contributed by atoms with Crippen LogP contribution in [0.2, 0.25) is 0 Å². The lowest BCUT2D eigenvalue weighted by molar-refractivity contribution is 0.0696. The predicted molar refractivity (Wildman–Crippen MR) is 66.6 cm³/mol. The zero-order chi connectivity index (χ0) is 13.1. The number of hydrogen-bond donors (Lipinski definition) is 1. The average molecular weight is 317 g/mol. The second kappa shape index (κ2) is 5.34. The van der Waals surface area contributed by atoms with Gasteiger partial charge in [0.25, 0.3) is 0 Å². The van der Waals surface area contributed by atoms with Crippen LogP contribution in [0.5, 0.6) is 0 Å². The second-order valence-corrected chi connectivity index (χ2v) is 5.95. The fraction of sp³-hybridized carbons (Fsp3) is 0.182. The molecule has 0 saturated heterocycles. The molecule has 0 unspecified atom stereocenters. The molecule has 0 radical (unpaired) electrons. The maximum absolute atomic E-state index is 11.9. The Morgan fingerprint density at radius 1 is 1.47 bits per heavy atom. The molecule has 1 aromatic rings. The van der Waals surface area contributed by atoms with Crippen molar-refractivity contribution in [1.29, 1.82) is 0 Å². The molecule has 0 amide bonds. The molecule has 0 fully saturated rings. The van der Waals surface area contributed by atoms with E-state index in [1.165, 1.54) is 19.1 Å². The van der Waals surface area contributed by atoms with Crippen LogP contribution in [0.15, 0.2) is 27.6 Å². The third-order valence-electron chi connectivity index (χ3n) is 1.95. The zero-order valence-electron chi connectivity index (χ0n) is 8.90. The lowest BCUT2D eigenvalue weighted by Crippen LogP contribution is -2.08. The van der Waals surface area contributed by atoms with Gasteiger partial charge in [0.2, 0.25) is 0 Å². The van der Waals surface area contributed by atoms with Crippen LogP contribution in [0.4, 0.5) is 0 Å². The first kappa shape index (κ1) is 13.7. The quantitative estimate of drug-likeness (QED) is 0.865. The van der Waals surface area contributed by atoms with Crippen LogP contribution in [-0.2, 0) is 9.84 Å². The van der Waals surface area contributed by atoms with Gasteiger partial charge in [0.05, 0.1) is 10.5 Å². The van der Waals surface area contributed by atoms with E-state index in [1.54, 1.807) is 0 Å². The van der Waals surface area contributed by atoms with Gasteiger partial charge in [0, 0.05) is 4.47 Å². The molecule has 0 saturated carbocycles. The molecule has 1 rings (SSSR count). The van der Waals surface area contributed by atoms with E-state index >= 15 is 0 Å². The standard InChI is InChI=1S/C11H9BrO4S/c1-2-3-6-17(15,16)10-7-8(11(13)14)4-5-9(10)12/h4-5,7H,6H2,1H3,(H,13,14). The summed E-state index contributed by atoms with van der Waals surface area (Å²) in [5, 5.41) is 8.80. The zero-order valence-corrected chi connectivity index (χ0v) is 11.3. The highest BCUT2D eigenvalue weighted by Crippen LogP contribution is 2.24. The van der Waals surface area contributed by atoms with Gasteiger partial charge in [-0.1, -0.05) is 5.92 Å². The summed E-state index contributed by atoms with van der Waals surface area (Å²) in [6.07, 6.45) is 0. The van der Waals surface area contributed by atoms with Crippen LogP contribution in [-0.4, -0.2) is 25.2 Å².